The molecule has 2 aliphatic carbocycles. The second-order valence-corrected chi connectivity index (χ2v) is 5.52. The molecule has 0 atom stereocenters. The van der Waals surface area contributed by atoms with Crippen LogP contribution in [0.3, 0.4) is 0 Å². The third-order valence-electron chi connectivity index (χ3n) is 3.07. The van der Waals surface area contributed by atoms with Gasteiger partial charge in [-0.15, -0.1) is 18.2 Å². The van der Waals surface area contributed by atoms with Crippen LogP contribution in [-0.2, 0) is 0 Å². The van der Waals surface area contributed by atoms with E-state index in [2.05, 4.69) is 11.2 Å². The average Bonchev–Trinajstić information content (AvgIpc) is 3.03. The lowest BCUT2D eigenvalue weighted by atomic mass is 10.1. The summed E-state index contributed by atoms with van der Waals surface area (Å²) in [4.78, 5) is 0. The fourth-order valence-electron chi connectivity index (χ4n) is 2.06. The smallest absolute Gasteiger partial charge is 0.0545 e. The fraction of sp³-hybridized carbons (Fsp3) is 0.833. The Labute approximate surface area is 91.4 Å². The zero-order valence-corrected chi connectivity index (χ0v) is 9.48. The minimum Gasteiger partial charge on any atom is -0.313 e. The zero-order chi connectivity index (χ0) is 9.80. The first-order valence-electron chi connectivity index (χ1n) is 5.66. The molecule has 0 aliphatic heterocycles. The van der Waals surface area contributed by atoms with E-state index in [1.54, 1.807) is 0 Å². The fourth-order valence-corrected chi connectivity index (χ4v) is 2.58. The molecule has 0 radical (unpaired) electrons. The van der Waals surface area contributed by atoms with Gasteiger partial charge in [0.05, 0.1) is 5.75 Å². The van der Waals surface area contributed by atoms with Gasteiger partial charge in [0.1, 0.15) is 0 Å². The maximum atomic E-state index is 5.20. The monoisotopic (exact) mass is 209 g/mol. The van der Waals surface area contributed by atoms with Crippen molar-refractivity contribution in [3.63, 3.8) is 0 Å². The van der Waals surface area contributed by atoms with Gasteiger partial charge in [-0.2, -0.15) is 0 Å². The number of hydrogen-bond acceptors (Lipinski definition) is 2. The highest BCUT2D eigenvalue weighted by Gasteiger charge is 2.40. The van der Waals surface area contributed by atoms with Crippen LogP contribution in [0.4, 0.5) is 0 Å². The van der Waals surface area contributed by atoms with E-state index in [1.807, 2.05) is 11.8 Å². The number of thioether (sulfide) groups is 1. The lowest BCUT2D eigenvalue weighted by Gasteiger charge is -2.17. The standard InChI is InChI=1S/C12H19NS/c1-2-8-14-9-7-13-12(10-3-4-10)11-5-6-11/h1,10-13H,3-9H2. The molecule has 0 heterocycles. The third-order valence-corrected chi connectivity index (χ3v) is 3.94. The predicted octanol–water partition coefficient (Wildman–Crippen LogP) is 2.13. The van der Waals surface area contributed by atoms with Gasteiger partial charge in [0, 0.05) is 18.3 Å². The SMILES string of the molecule is C#CCSCCNC(C1CC1)C1CC1. The lowest BCUT2D eigenvalue weighted by molar-refractivity contribution is 0.429. The molecule has 0 unspecified atom stereocenters. The van der Waals surface area contributed by atoms with Gasteiger partial charge in [-0.05, 0) is 37.5 Å². The second-order valence-electron chi connectivity index (χ2n) is 4.41. The summed E-state index contributed by atoms with van der Waals surface area (Å²) in [6, 6.07) is 0.849. The van der Waals surface area contributed by atoms with Crippen molar-refractivity contribution in [2.45, 2.75) is 31.7 Å². The van der Waals surface area contributed by atoms with E-state index in [9.17, 15) is 0 Å². The second kappa shape index (κ2) is 5.09. The Bertz CT molecular complexity index is 201. The topological polar surface area (TPSA) is 12.0 Å². The van der Waals surface area contributed by atoms with Crippen molar-refractivity contribution in [2.24, 2.45) is 11.8 Å². The molecule has 0 amide bonds. The van der Waals surface area contributed by atoms with Crippen molar-refractivity contribution in [3.05, 3.63) is 0 Å². The van der Waals surface area contributed by atoms with Crippen LogP contribution in [0, 0.1) is 24.2 Å². The van der Waals surface area contributed by atoms with Crippen LogP contribution in [0.25, 0.3) is 0 Å². The maximum Gasteiger partial charge on any atom is 0.0545 e. The summed E-state index contributed by atoms with van der Waals surface area (Å²) < 4.78 is 0. The number of nitrogens with one attached hydrogen (secondary N) is 1. The Kier molecular flexibility index (Phi) is 3.78. The quantitative estimate of drug-likeness (QED) is 0.509. The van der Waals surface area contributed by atoms with Gasteiger partial charge in [0.2, 0.25) is 0 Å². The van der Waals surface area contributed by atoms with Crippen LogP contribution in [-0.4, -0.2) is 24.1 Å². The van der Waals surface area contributed by atoms with Crippen molar-refractivity contribution in [3.8, 4) is 12.3 Å². The lowest BCUT2D eigenvalue weighted by Crippen LogP contribution is -2.34. The summed E-state index contributed by atoms with van der Waals surface area (Å²) in [7, 11) is 0. The molecular weight excluding hydrogens is 190 g/mol. The normalized spacial score (nSPS) is 21.1. The van der Waals surface area contributed by atoms with Gasteiger partial charge in [-0.1, -0.05) is 5.92 Å². The Hall–Kier alpha value is -0.130. The van der Waals surface area contributed by atoms with Crippen molar-refractivity contribution in [2.75, 3.05) is 18.1 Å². The van der Waals surface area contributed by atoms with Crippen LogP contribution in [0.2, 0.25) is 0 Å². The highest BCUT2D eigenvalue weighted by molar-refractivity contribution is 7.99. The van der Waals surface area contributed by atoms with Gasteiger partial charge in [0.15, 0.2) is 0 Å². The van der Waals surface area contributed by atoms with Gasteiger partial charge >= 0.3 is 0 Å². The van der Waals surface area contributed by atoms with Crippen LogP contribution < -0.4 is 5.32 Å². The van der Waals surface area contributed by atoms with Crippen molar-refractivity contribution >= 4 is 11.8 Å². The van der Waals surface area contributed by atoms with E-state index in [4.69, 9.17) is 6.42 Å². The van der Waals surface area contributed by atoms with E-state index in [0.717, 1.165) is 30.2 Å². The molecule has 2 aliphatic rings. The van der Waals surface area contributed by atoms with Crippen LogP contribution in [0.15, 0.2) is 0 Å². The van der Waals surface area contributed by atoms with Gasteiger partial charge in [0.25, 0.3) is 0 Å². The zero-order valence-electron chi connectivity index (χ0n) is 8.67. The summed E-state index contributed by atoms with van der Waals surface area (Å²) in [5.74, 6) is 6.72. The Morgan fingerprint density at radius 3 is 2.43 bits per heavy atom. The number of terminal acetylenes is 1. The van der Waals surface area contributed by atoms with E-state index in [1.165, 1.54) is 31.4 Å². The molecule has 78 valence electrons. The number of rotatable bonds is 7. The van der Waals surface area contributed by atoms with E-state index in [0.29, 0.717) is 0 Å². The summed E-state index contributed by atoms with van der Waals surface area (Å²) in [5.41, 5.74) is 0. The molecule has 2 saturated carbocycles. The highest BCUT2D eigenvalue weighted by Crippen LogP contribution is 2.44. The molecule has 1 nitrogen and oxygen atoms in total. The molecule has 0 bridgehead atoms. The van der Waals surface area contributed by atoms with Crippen LogP contribution >= 0.6 is 11.8 Å². The molecule has 0 spiro atoms. The van der Waals surface area contributed by atoms with Gasteiger partial charge < -0.3 is 5.32 Å². The molecule has 2 fully saturated rings. The first kappa shape index (κ1) is 10.4. The van der Waals surface area contributed by atoms with E-state index in [-0.39, 0.29) is 0 Å². The first-order valence-corrected chi connectivity index (χ1v) is 6.82. The Balaban J connectivity index is 1.56. The van der Waals surface area contributed by atoms with Crippen molar-refractivity contribution in [1.82, 2.24) is 5.32 Å². The Morgan fingerprint density at radius 1 is 1.29 bits per heavy atom. The average molecular weight is 209 g/mol. The summed E-state index contributed by atoms with van der Waals surface area (Å²) in [5, 5.41) is 3.71. The maximum absolute atomic E-state index is 5.20. The van der Waals surface area contributed by atoms with Gasteiger partial charge in [-0.25, -0.2) is 0 Å². The molecule has 1 N–H and O–H groups in total. The number of hydrogen-bond donors (Lipinski definition) is 1. The van der Waals surface area contributed by atoms with Crippen LogP contribution in [0.5, 0.6) is 0 Å². The molecule has 14 heavy (non-hydrogen) atoms. The molecule has 0 aromatic heterocycles. The van der Waals surface area contributed by atoms with E-state index >= 15 is 0 Å². The molecule has 0 aromatic rings. The summed E-state index contributed by atoms with van der Waals surface area (Å²) >= 11 is 1.86. The molecule has 2 heteroatoms. The molecule has 0 saturated heterocycles. The van der Waals surface area contributed by atoms with Crippen molar-refractivity contribution in [1.29, 1.82) is 0 Å². The minimum atomic E-state index is 0.849. The summed E-state index contributed by atoms with van der Waals surface area (Å²) in [6.45, 7) is 1.14. The molecule has 0 aromatic carbocycles. The van der Waals surface area contributed by atoms with Crippen molar-refractivity contribution < 1.29 is 0 Å². The highest BCUT2D eigenvalue weighted by atomic mass is 32.2. The largest absolute Gasteiger partial charge is 0.313 e. The van der Waals surface area contributed by atoms with Crippen LogP contribution in [0.1, 0.15) is 25.7 Å². The minimum absolute atomic E-state index is 0.849. The first-order chi connectivity index (χ1) is 6.92. The Morgan fingerprint density at radius 2 is 1.93 bits per heavy atom. The van der Waals surface area contributed by atoms with Gasteiger partial charge in [-0.3, -0.25) is 0 Å². The summed E-state index contributed by atoms with van der Waals surface area (Å²) in [6.07, 6.45) is 11.1. The van der Waals surface area contributed by atoms with E-state index < -0.39 is 0 Å². The predicted molar refractivity (Wildman–Crippen MR) is 63.4 cm³/mol. The molecular formula is C12H19NS. The third kappa shape index (κ3) is 3.22. The molecule has 2 rings (SSSR count).